The third kappa shape index (κ3) is 2.80. The third-order valence-corrected chi connectivity index (χ3v) is 5.23. The Morgan fingerprint density at radius 2 is 2.04 bits per heavy atom. The second kappa shape index (κ2) is 6.08. The predicted octanol–water partition coefficient (Wildman–Crippen LogP) is 2.28. The van der Waals surface area contributed by atoms with Gasteiger partial charge >= 0.3 is 0 Å². The summed E-state index contributed by atoms with van der Waals surface area (Å²) in [6.45, 7) is 3.48. The number of imide groups is 1. The van der Waals surface area contributed by atoms with Crippen molar-refractivity contribution < 1.29 is 9.59 Å². The molecule has 1 fully saturated rings. The molecule has 4 heteroatoms. The van der Waals surface area contributed by atoms with E-state index < -0.39 is 5.41 Å². The van der Waals surface area contributed by atoms with Crippen LogP contribution in [0.1, 0.15) is 42.4 Å². The lowest BCUT2D eigenvalue weighted by Gasteiger charge is -2.33. The van der Waals surface area contributed by atoms with Gasteiger partial charge in [0.1, 0.15) is 0 Å². The molecule has 1 aliphatic carbocycles. The summed E-state index contributed by atoms with van der Waals surface area (Å²) in [5.41, 5.74) is 2.93. The maximum absolute atomic E-state index is 13.1. The maximum atomic E-state index is 13.1. The van der Waals surface area contributed by atoms with E-state index in [1.165, 1.54) is 10.5 Å². The highest BCUT2D eigenvalue weighted by Gasteiger charge is 2.53. The van der Waals surface area contributed by atoms with Crippen molar-refractivity contribution in [1.82, 2.24) is 9.80 Å². The Balaban J connectivity index is 1.88. The number of amides is 2. The van der Waals surface area contributed by atoms with Crippen molar-refractivity contribution in [3.05, 3.63) is 34.9 Å². The molecular weight excluding hydrogens is 288 g/mol. The van der Waals surface area contributed by atoms with Gasteiger partial charge in [0.25, 0.3) is 0 Å². The molecule has 1 unspecified atom stereocenters. The Morgan fingerprint density at radius 1 is 1.26 bits per heavy atom. The number of hydrogen-bond acceptors (Lipinski definition) is 3. The number of carbonyl (C=O) groups excluding carboxylic acids is 2. The van der Waals surface area contributed by atoms with Gasteiger partial charge in [-0.1, -0.05) is 23.8 Å². The first-order chi connectivity index (χ1) is 10.9. The van der Waals surface area contributed by atoms with Gasteiger partial charge in [-0.3, -0.25) is 14.5 Å². The van der Waals surface area contributed by atoms with Gasteiger partial charge in [0.15, 0.2) is 0 Å². The summed E-state index contributed by atoms with van der Waals surface area (Å²) in [6, 6.07) is 6.37. The van der Waals surface area contributed by atoms with Crippen LogP contribution < -0.4 is 0 Å². The van der Waals surface area contributed by atoms with Crippen LogP contribution >= 0.6 is 0 Å². The molecule has 2 aliphatic rings. The lowest BCUT2D eigenvalue weighted by atomic mass is 9.68. The molecule has 1 spiro atoms. The molecule has 1 aromatic carbocycles. The highest BCUT2D eigenvalue weighted by Crippen LogP contribution is 2.45. The Morgan fingerprint density at radius 3 is 2.78 bits per heavy atom. The molecule has 0 bridgehead atoms. The molecule has 0 saturated carbocycles. The van der Waals surface area contributed by atoms with E-state index in [0.29, 0.717) is 13.0 Å². The van der Waals surface area contributed by atoms with Crippen LogP contribution in [0.4, 0.5) is 0 Å². The third-order valence-electron chi connectivity index (χ3n) is 5.23. The van der Waals surface area contributed by atoms with Crippen LogP contribution in [0.2, 0.25) is 0 Å². The highest BCUT2D eigenvalue weighted by molar-refractivity contribution is 6.09. The number of fused-ring (bicyclic) bond motifs is 2. The average molecular weight is 314 g/mol. The molecule has 2 amide bonds. The van der Waals surface area contributed by atoms with Crippen LogP contribution in [0.15, 0.2) is 18.2 Å². The number of rotatable bonds is 4. The van der Waals surface area contributed by atoms with Crippen LogP contribution in [-0.2, 0) is 21.4 Å². The first-order valence-corrected chi connectivity index (χ1v) is 8.53. The van der Waals surface area contributed by atoms with E-state index in [1.54, 1.807) is 0 Å². The minimum Gasteiger partial charge on any atom is -0.309 e. The topological polar surface area (TPSA) is 40.6 Å². The van der Waals surface area contributed by atoms with Crippen LogP contribution in [-0.4, -0.2) is 48.8 Å². The summed E-state index contributed by atoms with van der Waals surface area (Å²) in [5.74, 6) is 0.0379. The predicted molar refractivity (Wildman–Crippen MR) is 90.3 cm³/mol. The van der Waals surface area contributed by atoms with Crippen molar-refractivity contribution in [2.75, 3.05) is 27.2 Å². The first kappa shape index (κ1) is 16.2. The molecule has 23 heavy (non-hydrogen) atoms. The fourth-order valence-corrected chi connectivity index (χ4v) is 4.05. The molecule has 0 radical (unpaired) electrons. The Bertz CT molecular complexity index is 638. The minimum atomic E-state index is -0.588. The number of benzene rings is 1. The maximum Gasteiger partial charge on any atom is 0.240 e. The van der Waals surface area contributed by atoms with E-state index in [0.717, 1.165) is 43.4 Å². The van der Waals surface area contributed by atoms with Crippen molar-refractivity contribution in [3.8, 4) is 0 Å². The molecule has 0 N–H and O–H groups in total. The van der Waals surface area contributed by atoms with Crippen LogP contribution in [0.5, 0.6) is 0 Å². The van der Waals surface area contributed by atoms with Crippen LogP contribution in [0, 0.1) is 6.92 Å². The SMILES string of the molecule is Cc1ccc2c(c1)C1(CCC2)CC(=O)N(CCCN(C)C)C1=O. The zero-order valence-electron chi connectivity index (χ0n) is 14.4. The second-order valence-electron chi connectivity index (χ2n) is 7.28. The molecule has 0 aromatic heterocycles. The van der Waals surface area contributed by atoms with Gasteiger partial charge in [0.2, 0.25) is 11.8 Å². The molecule has 1 atom stereocenters. The van der Waals surface area contributed by atoms with E-state index >= 15 is 0 Å². The van der Waals surface area contributed by atoms with Crippen molar-refractivity contribution >= 4 is 11.8 Å². The van der Waals surface area contributed by atoms with E-state index in [4.69, 9.17) is 0 Å². The van der Waals surface area contributed by atoms with Gasteiger partial charge in [-0.05, 0) is 64.4 Å². The normalized spacial score (nSPS) is 23.9. The Hall–Kier alpha value is -1.68. The smallest absolute Gasteiger partial charge is 0.240 e. The van der Waals surface area contributed by atoms with Crippen molar-refractivity contribution in [1.29, 1.82) is 0 Å². The number of hydrogen-bond donors (Lipinski definition) is 0. The highest BCUT2D eigenvalue weighted by atomic mass is 16.2. The zero-order chi connectivity index (χ0) is 16.6. The Labute approximate surface area is 138 Å². The molecule has 3 rings (SSSR count). The van der Waals surface area contributed by atoms with Gasteiger partial charge in [-0.25, -0.2) is 0 Å². The van der Waals surface area contributed by atoms with E-state index in [1.807, 2.05) is 14.1 Å². The minimum absolute atomic E-state index is 0.00288. The lowest BCUT2D eigenvalue weighted by Crippen LogP contribution is -2.41. The number of likely N-dealkylation sites (tertiary alicyclic amines) is 1. The van der Waals surface area contributed by atoms with Gasteiger partial charge in [-0.2, -0.15) is 0 Å². The number of carbonyl (C=O) groups is 2. The average Bonchev–Trinajstić information content (AvgIpc) is 2.73. The molecule has 1 aromatic rings. The fraction of sp³-hybridized carbons (Fsp3) is 0.579. The van der Waals surface area contributed by atoms with Crippen molar-refractivity contribution in [3.63, 3.8) is 0 Å². The van der Waals surface area contributed by atoms with Gasteiger partial charge < -0.3 is 4.90 Å². The first-order valence-electron chi connectivity index (χ1n) is 8.53. The molecule has 1 aliphatic heterocycles. The summed E-state index contributed by atoms with van der Waals surface area (Å²) in [6.07, 6.45) is 3.99. The van der Waals surface area contributed by atoms with Crippen LogP contribution in [0.3, 0.4) is 0 Å². The molecule has 1 heterocycles. The van der Waals surface area contributed by atoms with Crippen molar-refractivity contribution in [2.45, 2.75) is 44.4 Å². The Kier molecular flexibility index (Phi) is 4.28. The van der Waals surface area contributed by atoms with Gasteiger partial charge in [-0.15, -0.1) is 0 Å². The van der Waals surface area contributed by atoms with Gasteiger partial charge in [0, 0.05) is 13.0 Å². The summed E-state index contributed by atoms with van der Waals surface area (Å²) in [5, 5.41) is 0. The fourth-order valence-electron chi connectivity index (χ4n) is 4.05. The number of nitrogens with zero attached hydrogens (tertiary/aromatic N) is 2. The molecular formula is C19H26N2O2. The molecule has 4 nitrogen and oxygen atoms in total. The van der Waals surface area contributed by atoms with E-state index in [2.05, 4.69) is 30.0 Å². The summed E-state index contributed by atoms with van der Waals surface area (Å²) in [7, 11) is 4.02. The zero-order valence-corrected chi connectivity index (χ0v) is 14.4. The van der Waals surface area contributed by atoms with E-state index in [-0.39, 0.29) is 11.8 Å². The number of aryl methyl sites for hydroxylation is 2. The van der Waals surface area contributed by atoms with Crippen molar-refractivity contribution in [2.24, 2.45) is 0 Å². The summed E-state index contributed by atoms with van der Waals surface area (Å²) >= 11 is 0. The standard InChI is InChI=1S/C19H26N2O2/c1-14-7-8-15-6-4-9-19(16(15)12-14)13-17(22)21(18(19)23)11-5-10-20(2)3/h7-8,12H,4-6,9-11,13H2,1-3H3. The van der Waals surface area contributed by atoms with Crippen LogP contribution in [0.25, 0.3) is 0 Å². The second-order valence-corrected chi connectivity index (χ2v) is 7.28. The summed E-state index contributed by atoms with van der Waals surface area (Å²) in [4.78, 5) is 29.3. The lowest BCUT2D eigenvalue weighted by molar-refractivity contribution is -0.140. The summed E-state index contributed by atoms with van der Waals surface area (Å²) < 4.78 is 0. The largest absolute Gasteiger partial charge is 0.309 e. The monoisotopic (exact) mass is 314 g/mol. The van der Waals surface area contributed by atoms with Gasteiger partial charge in [0.05, 0.1) is 5.41 Å². The molecule has 124 valence electrons. The van der Waals surface area contributed by atoms with E-state index in [9.17, 15) is 9.59 Å². The quantitative estimate of drug-likeness (QED) is 0.801. The molecule has 1 saturated heterocycles.